The molecule has 0 saturated carbocycles. The Morgan fingerprint density at radius 1 is 1.37 bits per heavy atom. The van der Waals surface area contributed by atoms with E-state index in [2.05, 4.69) is 21.6 Å². The third-order valence-electron chi connectivity index (χ3n) is 2.99. The summed E-state index contributed by atoms with van der Waals surface area (Å²) in [6.07, 6.45) is 5.88. The van der Waals surface area contributed by atoms with E-state index in [1.54, 1.807) is 0 Å². The number of imidazole rings is 1. The zero-order chi connectivity index (χ0) is 13.7. The number of benzene rings is 1. The molecule has 0 spiro atoms. The van der Waals surface area contributed by atoms with Gasteiger partial charge in [-0.1, -0.05) is 36.3 Å². The Morgan fingerprint density at radius 2 is 2.11 bits per heavy atom. The lowest BCUT2D eigenvalue weighted by Crippen LogP contribution is -2.13. The number of nitrogens with two attached hydrogens (primary N) is 1. The van der Waals surface area contributed by atoms with Gasteiger partial charge in [0.1, 0.15) is 5.82 Å². The summed E-state index contributed by atoms with van der Waals surface area (Å²) >= 11 is 0. The number of hydrogen-bond acceptors (Lipinski definition) is 3. The summed E-state index contributed by atoms with van der Waals surface area (Å²) in [6.45, 7) is 2.93. The van der Waals surface area contributed by atoms with Crippen molar-refractivity contribution in [3.63, 3.8) is 0 Å². The smallest absolute Gasteiger partial charge is 0.170 e. The number of hydrogen-bond donors (Lipinski definition) is 2. The highest BCUT2D eigenvalue weighted by Gasteiger charge is 2.03. The molecule has 0 aliphatic rings. The Morgan fingerprint density at radius 3 is 2.74 bits per heavy atom. The summed E-state index contributed by atoms with van der Waals surface area (Å²) in [5.41, 5.74) is 7.40. The first-order valence-corrected chi connectivity index (χ1v) is 6.31. The van der Waals surface area contributed by atoms with Crippen LogP contribution in [0.5, 0.6) is 0 Å². The third kappa shape index (κ3) is 3.13. The van der Waals surface area contributed by atoms with Crippen LogP contribution in [0.2, 0.25) is 0 Å². The van der Waals surface area contributed by atoms with Gasteiger partial charge >= 0.3 is 0 Å². The zero-order valence-corrected chi connectivity index (χ0v) is 11.0. The molecule has 0 amide bonds. The molecule has 0 aliphatic heterocycles. The molecule has 0 bridgehead atoms. The van der Waals surface area contributed by atoms with Crippen LogP contribution >= 0.6 is 0 Å². The maximum atomic E-state index is 8.61. The maximum Gasteiger partial charge on any atom is 0.170 e. The molecule has 1 aromatic carbocycles. The molecule has 3 N–H and O–H groups in total. The van der Waals surface area contributed by atoms with E-state index in [0.29, 0.717) is 5.56 Å². The van der Waals surface area contributed by atoms with E-state index in [0.717, 1.165) is 30.8 Å². The lowest BCUT2D eigenvalue weighted by Gasteiger charge is -2.08. The predicted molar refractivity (Wildman–Crippen MR) is 74.3 cm³/mol. The molecule has 5 heteroatoms. The molecule has 5 nitrogen and oxygen atoms in total. The normalized spacial score (nSPS) is 11.7. The fourth-order valence-corrected chi connectivity index (χ4v) is 1.97. The highest BCUT2D eigenvalue weighted by molar-refractivity contribution is 5.96. The molecule has 100 valence electrons. The number of aryl methyl sites for hydroxylation is 1. The van der Waals surface area contributed by atoms with Gasteiger partial charge in [0.2, 0.25) is 0 Å². The lowest BCUT2D eigenvalue weighted by molar-refractivity contribution is 0.318. The van der Waals surface area contributed by atoms with Gasteiger partial charge in [-0.05, 0) is 12.0 Å². The topological polar surface area (TPSA) is 76.4 Å². The first-order valence-electron chi connectivity index (χ1n) is 6.31. The fraction of sp³-hybridized carbons (Fsp3) is 0.286. The van der Waals surface area contributed by atoms with Gasteiger partial charge in [-0.2, -0.15) is 0 Å². The molecule has 0 saturated heterocycles. The molecule has 0 atom stereocenters. The van der Waals surface area contributed by atoms with E-state index in [-0.39, 0.29) is 5.84 Å². The van der Waals surface area contributed by atoms with Gasteiger partial charge < -0.3 is 15.5 Å². The Labute approximate surface area is 112 Å². The molecule has 2 aromatic rings. The van der Waals surface area contributed by atoms with Crippen LogP contribution in [0.3, 0.4) is 0 Å². The number of amidine groups is 1. The Balaban J connectivity index is 2.13. The number of nitrogens with zero attached hydrogens (tertiary/aromatic N) is 3. The van der Waals surface area contributed by atoms with Crippen molar-refractivity contribution in [1.29, 1.82) is 0 Å². The fourth-order valence-electron chi connectivity index (χ4n) is 1.97. The summed E-state index contributed by atoms with van der Waals surface area (Å²) in [4.78, 5) is 4.35. The van der Waals surface area contributed by atoms with Crippen molar-refractivity contribution in [2.45, 2.75) is 26.3 Å². The molecule has 1 heterocycles. The number of aromatic nitrogens is 2. The summed E-state index contributed by atoms with van der Waals surface area (Å²) in [5, 5.41) is 11.6. The molecule has 1 aromatic heterocycles. The molecule has 0 unspecified atom stereocenters. The van der Waals surface area contributed by atoms with E-state index >= 15 is 0 Å². The molecule has 0 aliphatic carbocycles. The molecule has 0 radical (unpaired) electrons. The van der Waals surface area contributed by atoms with Crippen molar-refractivity contribution in [3.8, 4) is 0 Å². The maximum absolute atomic E-state index is 8.61. The summed E-state index contributed by atoms with van der Waals surface area (Å²) in [7, 11) is 0. The van der Waals surface area contributed by atoms with Gasteiger partial charge in [0.05, 0.1) is 0 Å². The molecular formula is C14H18N4O. The first kappa shape index (κ1) is 13.1. The van der Waals surface area contributed by atoms with E-state index in [9.17, 15) is 0 Å². The highest BCUT2D eigenvalue weighted by atomic mass is 16.4. The van der Waals surface area contributed by atoms with Gasteiger partial charge in [0, 0.05) is 30.9 Å². The van der Waals surface area contributed by atoms with Crippen molar-refractivity contribution < 1.29 is 5.21 Å². The van der Waals surface area contributed by atoms with Crippen LogP contribution in [0.1, 0.15) is 30.3 Å². The zero-order valence-electron chi connectivity index (χ0n) is 11.0. The first-order chi connectivity index (χ1) is 9.24. The summed E-state index contributed by atoms with van der Waals surface area (Å²) < 4.78 is 2.14. The summed E-state index contributed by atoms with van der Waals surface area (Å²) in [5.74, 6) is 1.23. The quantitative estimate of drug-likeness (QED) is 0.372. The van der Waals surface area contributed by atoms with E-state index in [1.807, 2.05) is 36.7 Å². The van der Waals surface area contributed by atoms with Crippen LogP contribution in [0, 0.1) is 0 Å². The molecule has 19 heavy (non-hydrogen) atoms. The monoisotopic (exact) mass is 258 g/mol. The standard InChI is InChI=1S/C14H18N4O/c1-2-3-13-16-8-9-18(13)10-11-4-6-12(7-5-11)14(15)17-19/h4-9,19H,2-3,10H2,1H3,(H2,15,17). The van der Waals surface area contributed by atoms with Crippen molar-refractivity contribution in [3.05, 3.63) is 53.6 Å². The lowest BCUT2D eigenvalue weighted by atomic mass is 10.1. The van der Waals surface area contributed by atoms with Gasteiger partial charge in [0.25, 0.3) is 0 Å². The van der Waals surface area contributed by atoms with Crippen LogP contribution in [0.15, 0.2) is 41.8 Å². The minimum atomic E-state index is 0.126. The predicted octanol–water partition coefficient (Wildman–Crippen LogP) is 1.98. The van der Waals surface area contributed by atoms with Crippen molar-refractivity contribution >= 4 is 5.84 Å². The minimum Gasteiger partial charge on any atom is -0.409 e. The van der Waals surface area contributed by atoms with Gasteiger partial charge in [-0.3, -0.25) is 0 Å². The van der Waals surface area contributed by atoms with Crippen LogP contribution in [-0.2, 0) is 13.0 Å². The third-order valence-corrected chi connectivity index (χ3v) is 2.99. The van der Waals surface area contributed by atoms with Gasteiger partial charge in [0.15, 0.2) is 5.84 Å². The Hall–Kier alpha value is -2.30. The van der Waals surface area contributed by atoms with E-state index in [1.165, 1.54) is 0 Å². The Kier molecular flexibility index (Phi) is 4.18. The van der Waals surface area contributed by atoms with Crippen molar-refractivity contribution in [2.24, 2.45) is 10.9 Å². The average Bonchev–Trinajstić information content (AvgIpc) is 2.86. The number of rotatable bonds is 5. The second-order valence-corrected chi connectivity index (χ2v) is 4.40. The van der Waals surface area contributed by atoms with Gasteiger partial charge in [-0.25, -0.2) is 4.98 Å². The SMILES string of the molecule is CCCc1nccn1Cc1ccc(C(N)=NO)cc1. The second kappa shape index (κ2) is 6.04. The molecule has 2 rings (SSSR count). The van der Waals surface area contributed by atoms with Crippen LogP contribution in [0.25, 0.3) is 0 Å². The van der Waals surface area contributed by atoms with Crippen LogP contribution in [0.4, 0.5) is 0 Å². The average molecular weight is 258 g/mol. The molecule has 0 fully saturated rings. The number of oxime groups is 1. The van der Waals surface area contributed by atoms with E-state index < -0.39 is 0 Å². The molecular weight excluding hydrogens is 240 g/mol. The van der Waals surface area contributed by atoms with Crippen molar-refractivity contribution in [1.82, 2.24) is 9.55 Å². The Bertz CT molecular complexity index is 557. The minimum absolute atomic E-state index is 0.126. The van der Waals surface area contributed by atoms with Crippen molar-refractivity contribution in [2.75, 3.05) is 0 Å². The summed E-state index contributed by atoms with van der Waals surface area (Å²) in [6, 6.07) is 7.65. The second-order valence-electron chi connectivity index (χ2n) is 4.40. The van der Waals surface area contributed by atoms with Crippen LogP contribution in [-0.4, -0.2) is 20.6 Å². The highest BCUT2D eigenvalue weighted by Crippen LogP contribution is 2.09. The van der Waals surface area contributed by atoms with Gasteiger partial charge in [-0.15, -0.1) is 0 Å². The van der Waals surface area contributed by atoms with Crippen LogP contribution < -0.4 is 5.73 Å². The van der Waals surface area contributed by atoms with E-state index in [4.69, 9.17) is 10.9 Å². The largest absolute Gasteiger partial charge is 0.409 e.